The quantitative estimate of drug-likeness (QED) is 0.181. The summed E-state index contributed by atoms with van der Waals surface area (Å²) in [6.07, 6.45) is 21.6. The van der Waals surface area contributed by atoms with Crippen molar-refractivity contribution in [1.82, 2.24) is 4.90 Å². The molecule has 0 aliphatic rings. The van der Waals surface area contributed by atoms with Crippen LogP contribution in [0.1, 0.15) is 103 Å². The molecule has 0 saturated carbocycles. The smallest absolute Gasteiger partial charge is 0.00434 e. The summed E-state index contributed by atoms with van der Waals surface area (Å²) >= 11 is 3.50. The fourth-order valence-corrected chi connectivity index (χ4v) is 3.27. The van der Waals surface area contributed by atoms with Crippen LogP contribution in [0.15, 0.2) is 0 Å². The van der Waals surface area contributed by atoms with Crippen LogP contribution in [0.25, 0.3) is 0 Å². The zero-order chi connectivity index (χ0) is 16.3. The van der Waals surface area contributed by atoms with Gasteiger partial charge in [0.05, 0.1) is 0 Å². The van der Waals surface area contributed by atoms with Crippen molar-refractivity contribution < 1.29 is 0 Å². The van der Waals surface area contributed by atoms with Crippen molar-refractivity contribution >= 4 is 15.9 Å². The molecule has 0 aliphatic heterocycles. The molecular weight excluding hydrogens is 334 g/mol. The average Bonchev–Trinajstić information content (AvgIpc) is 2.53. The van der Waals surface area contributed by atoms with Crippen LogP contribution in [-0.4, -0.2) is 30.4 Å². The van der Waals surface area contributed by atoms with Gasteiger partial charge in [-0.1, -0.05) is 106 Å². The third-order valence-corrected chi connectivity index (χ3v) is 5.13. The second-order valence-corrected chi connectivity index (χ2v) is 7.74. The predicted octanol–water partition coefficient (Wildman–Crippen LogP) is 7.18. The lowest BCUT2D eigenvalue weighted by molar-refractivity contribution is 0.325. The highest BCUT2D eigenvalue weighted by molar-refractivity contribution is 9.09. The Hall–Kier alpha value is 0.440. The number of hydrogen-bond acceptors (Lipinski definition) is 1. The number of halogens is 1. The fourth-order valence-electron chi connectivity index (χ4n) is 3.02. The first-order valence-corrected chi connectivity index (χ1v) is 11.2. The second kappa shape index (κ2) is 19.5. The average molecular weight is 376 g/mol. The Morgan fingerprint density at radius 2 is 0.909 bits per heavy atom. The third kappa shape index (κ3) is 18.5. The molecule has 0 amide bonds. The van der Waals surface area contributed by atoms with Gasteiger partial charge in [-0.2, -0.15) is 0 Å². The predicted molar refractivity (Wildman–Crippen MR) is 106 cm³/mol. The van der Waals surface area contributed by atoms with E-state index in [1.807, 2.05) is 0 Å². The SMILES string of the molecule is CCCCCCCCCCCCCCCCN(C)CCCBr. The Bertz CT molecular complexity index is 196. The molecule has 0 aliphatic carbocycles. The number of unbranched alkanes of at least 4 members (excludes halogenated alkanes) is 13. The lowest BCUT2D eigenvalue weighted by Gasteiger charge is -2.15. The molecule has 0 unspecified atom stereocenters. The van der Waals surface area contributed by atoms with Gasteiger partial charge in [0.25, 0.3) is 0 Å². The monoisotopic (exact) mass is 375 g/mol. The zero-order valence-electron chi connectivity index (χ0n) is 15.6. The maximum absolute atomic E-state index is 3.50. The highest BCUT2D eigenvalue weighted by Crippen LogP contribution is 2.13. The van der Waals surface area contributed by atoms with E-state index in [1.165, 1.54) is 109 Å². The molecule has 0 spiro atoms. The van der Waals surface area contributed by atoms with Gasteiger partial charge >= 0.3 is 0 Å². The number of rotatable bonds is 18. The maximum Gasteiger partial charge on any atom is 0.00434 e. The summed E-state index contributed by atoms with van der Waals surface area (Å²) < 4.78 is 0. The zero-order valence-corrected chi connectivity index (χ0v) is 17.1. The summed E-state index contributed by atoms with van der Waals surface area (Å²) in [5.41, 5.74) is 0. The van der Waals surface area contributed by atoms with Gasteiger partial charge in [0.2, 0.25) is 0 Å². The summed E-state index contributed by atoms with van der Waals surface area (Å²) in [6.45, 7) is 4.82. The van der Waals surface area contributed by atoms with Gasteiger partial charge in [-0.3, -0.25) is 0 Å². The third-order valence-electron chi connectivity index (χ3n) is 4.57. The molecule has 0 aromatic carbocycles. The van der Waals surface area contributed by atoms with E-state index in [4.69, 9.17) is 0 Å². The van der Waals surface area contributed by atoms with Crippen molar-refractivity contribution in [2.45, 2.75) is 103 Å². The first kappa shape index (κ1) is 22.4. The molecule has 0 heterocycles. The maximum atomic E-state index is 3.50. The molecule has 0 radical (unpaired) electrons. The molecule has 0 bridgehead atoms. The topological polar surface area (TPSA) is 3.24 Å². The summed E-state index contributed by atoms with van der Waals surface area (Å²) in [7, 11) is 2.25. The van der Waals surface area contributed by atoms with Gasteiger partial charge in [-0.05, 0) is 33.0 Å². The van der Waals surface area contributed by atoms with Gasteiger partial charge in [-0.25, -0.2) is 0 Å². The van der Waals surface area contributed by atoms with Crippen LogP contribution in [0.5, 0.6) is 0 Å². The molecule has 2 heteroatoms. The Morgan fingerprint density at radius 1 is 0.545 bits per heavy atom. The molecule has 0 aromatic rings. The minimum absolute atomic E-state index is 1.14. The van der Waals surface area contributed by atoms with Crippen LogP contribution in [0.3, 0.4) is 0 Å². The minimum Gasteiger partial charge on any atom is -0.306 e. The molecule has 0 aromatic heterocycles. The van der Waals surface area contributed by atoms with Crippen LogP contribution >= 0.6 is 15.9 Å². The van der Waals surface area contributed by atoms with Crippen molar-refractivity contribution in [2.75, 3.05) is 25.5 Å². The van der Waals surface area contributed by atoms with E-state index in [0.717, 1.165) is 5.33 Å². The van der Waals surface area contributed by atoms with Gasteiger partial charge in [0, 0.05) is 5.33 Å². The van der Waals surface area contributed by atoms with Crippen LogP contribution in [0.2, 0.25) is 0 Å². The van der Waals surface area contributed by atoms with Crippen LogP contribution in [0.4, 0.5) is 0 Å². The number of nitrogens with zero attached hydrogens (tertiary/aromatic N) is 1. The normalized spacial score (nSPS) is 11.5. The molecule has 0 rings (SSSR count). The Kier molecular flexibility index (Phi) is 19.9. The van der Waals surface area contributed by atoms with Crippen molar-refractivity contribution in [3.05, 3.63) is 0 Å². The van der Waals surface area contributed by atoms with Crippen LogP contribution in [0, 0.1) is 0 Å². The standard InChI is InChI=1S/C20H42BrN/c1-3-4-5-6-7-8-9-10-11-12-13-14-15-16-19-22(2)20-17-18-21/h3-20H2,1-2H3. The van der Waals surface area contributed by atoms with E-state index in [2.05, 4.69) is 34.8 Å². The lowest BCUT2D eigenvalue weighted by atomic mass is 10.0. The number of alkyl halides is 1. The van der Waals surface area contributed by atoms with Crippen LogP contribution < -0.4 is 0 Å². The molecule has 0 saturated heterocycles. The minimum atomic E-state index is 1.14. The highest BCUT2D eigenvalue weighted by Gasteiger charge is 1.98. The Labute approximate surface area is 149 Å². The molecule has 0 atom stereocenters. The van der Waals surface area contributed by atoms with E-state index in [-0.39, 0.29) is 0 Å². The van der Waals surface area contributed by atoms with E-state index in [1.54, 1.807) is 0 Å². The lowest BCUT2D eigenvalue weighted by Crippen LogP contribution is -2.21. The van der Waals surface area contributed by atoms with Gasteiger partial charge in [0.15, 0.2) is 0 Å². The summed E-state index contributed by atoms with van der Waals surface area (Å²) in [5, 5.41) is 1.14. The second-order valence-electron chi connectivity index (χ2n) is 6.94. The Balaban J connectivity index is 3.02. The van der Waals surface area contributed by atoms with E-state index < -0.39 is 0 Å². The largest absolute Gasteiger partial charge is 0.306 e. The molecule has 1 nitrogen and oxygen atoms in total. The fraction of sp³-hybridized carbons (Fsp3) is 1.00. The van der Waals surface area contributed by atoms with Gasteiger partial charge in [0.1, 0.15) is 0 Å². The van der Waals surface area contributed by atoms with E-state index in [9.17, 15) is 0 Å². The van der Waals surface area contributed by atoms with Crippen LogP contribution in [-0.2, 0) is 0 Å². The van der Waals surface area contributed by atoms with Gasteiger partial charge in [-0.15, -0.1) is 0 Å². The molecule has 0 fully saturated rings. The highest BCUT2D eigenvalue weighted by atomic mass is 79.9. The van der Waals surface area contributed by atoms with Crippen molar-refractivity contribution in [1.29, 1.82) is 0 Å². The molecule has 134 valence electrons. The summed E-state index contributed by atoms with van der Waals surface area (Å²) in [4.78, 5) is 2.47. The van der Waals surface area contributed by atoms with E-state index >= 15 is 0 Å². The number of hydrogen-bond donors (Lipinski definition) is 0. The molecular formula is C20H42BrN. The van der Waals surface area contributed by atoms with Crippen molar-refractivity contribution in [3.8, 4) is 0 Å². The van der Waals surface area contributed by atoms with Crippen molar-refractivity contribution in [2.24, 2.45) is 0 Å². The molecule has 0 N–H and O–H groups in total. The van der Waals surface area contributed by atoms with Gasteiger partial charge < -0.3 is 4.90 Å². The first-order chi connectivity index (χ1) is 10.8. The summed E-state index contributed by atoms with van der Waals surface area (Å²) in [5.74, 6) is 0. The van der Waals surface area contributed by atoms with E-state index in [0.29, 0.717) is 0 Å². The Morgan fingerprint density at radius 3 is 1.32 bits per heavy atom. The first-order valence-electron chi connectivity index (χ1n) is 10.1. The van der Waals surface area contributed by atoms with Crippen molar-refractivity contribution in [3.63, 3.8) is 0 Å². The molecule has 22 heavy (non-hydrogen) atoms. The summed E-state index contributed by atoms with van der Waals surface area (Å²) in [6, 6.07) is 0.